The number of carbonyl (C=O) groups is 2. The molecule has 0 atom stereocenters. The minimum atomic E-state index is -0.415. The first kappa shape index (κ1) is 16.5. The van der Waals surface area contributed by atoms with E-state index in [1.165, 1.54) is 12.6 Å². The first-order chi connectivity index (χ1) is 10.6. The molecule has 0 spiro atoms. The quantitative estimate of drug-likeness (QED) is 0.436. The van der Waals surface area contributed by atoms with Crippen molar-refractivity contribution in [3.8, 4) is 0 Å². The number of hydrogen-bond acceptors (Lipinski definition) is 5. The fraction of sp³-hybridized carbons (Fsp3) is 0.529. The van der Waals surface area contributed by atoms with E-state index < -0.39 is 5.97 Å². The number of nitrogens with zero attached hydrogens (tertiary/aromatic N) is 2. The van der Waals surface area contributed by atoms with E-state index in [-0.39, 0.29) is 12.2 Å². The van der Waals surface area contributed by atoms with E-state index in [2.05, 4.69) is 34.1 Å². The second kappa shape index (κ2) is 8.54. The molecule has 1 aliphatic heterocycles. The molecule has 1 saturated heterocycles. The summed E-state index contributed by atoms with van der Waals surface area (Å²) >= 11 is 0. The maximum atomic E-state index is 11.2. The first-order valence-corrected chi connectivity index (χ1v) is 7.82. The van der Waals surface area contributed by atoms with E-state index in [1.807, 2.05) is 6.07 Å². The molecule has 0 unspecified atom stereocenters. The van der Waals surface area contributed by atoms with Crippen LogP contribution in [0.25, 0.3) is 0 Å². The van der Waals surface area contributed by atoms with Crippen LogP contribution in [-0.2, 0) is 14.3 Å². The zero-order chi connectivity index (χ0) is 15.8. The van der Waals surface area contributed by atoms with Crippen molar-refractivity contribution in [3.05, 3.63) is 30.3 Å². The van der Waals surface area contributed by atoms with Crippen molar-refractivity contribution < 1.29 is 14.3 Å². The molecule has 1 aromatic carbocycles. The van der Waals surface area contributed by atoms with Gasteiger partial charge in [-0.1, -0.05) is 18.2 Å². The lowest BCUT2D eigenvalue weighted by atomic mass is 10.2. The second-order valence-electron chi connectivity index (χ2n) is 5.62. The molecule has 0 amide bonds. The SMILES string of the molecule is CC(=O)CC(=O)OCCCN1CCN(c2ccccc2)CC1. The Hall–Kier alpha value is -1.88. The Morgan fingerprint density at radius 3 is 2.41 bits per heavy atom. The number of anilines is 1. The fourth-order valence-corrected chi connectivity index (χ4v) is 2.60. The van der Waals surface area contributed by atoms with Crippen LogP contribution in [0.4, 0.5) is 5.69 Å². The zero-order valence-corrected chi connectivity index (χ0v) is 13.2. The molecule has 5 heteroatoms. The minimum absolute atomic E-state index is 0.115. The molecule has 0 aromatic heterocycles. The Balaban J connectivity index is 1.60. The van der Waals surface area contributed by atoms with E-state index in [9.17, 15) is 9.59 Å². The molecule has 2 rings (SSSR count). The number of ketones is 1. The van der Waals surface area contributed by atoms with Crippen LogP contribution in [0, 0.1) is 0 Å². The molecule has 0 saturated carbocycles. The number of ether oxygens (including phenoxy) is 1. The Labute approximate surface area is 131 Å². The van der Waals surface area contributed by atoms with Crippen molar-refractivity contribution in [2.24, 2.45) is 0 Å². The smallest absolute Gasteiger partial charge is 0.313 e. The van der Waals surface area contributed by atoms with Gasteiger partial charge in [-0.3, -0.25) is 14.5 Å². The Bertz CT molecular complexity index is 482. The largest absolute Gasteiger partial charge is 0.465 e. The third kappa shape index (κ3) is 5.48. The van der Waals surface area contributed by atoms with Crippen LogP contribution >= 0.6 is 0 Å². The first-order valence-electron chi connectivity index (χ1n) is 7.82. The highest BCUT2D eigenvalue weighted by Gasteiger charge is 2.16. The third-order valence-corrected chi connectivity index (χ3v) is 3.77. The maximum absolute atomic E-state index is 11.2. The van der Waals surface area contributed by atoms with Crippen LogP contribution < -0.4 is 4.90 Å². The van der Waals surface area contributed by atoms with Gasteiger partial charge in [0.1, 0.15) is 12.2 Å². The van der Waals surface area contributed by atoms with Crippen molar-refractivity contribution in [1.82, 2.24) is 4.90 Å². The summed E-state index contributed by atoms with van der Waals surface area (Å²) < 4.78 is 5.04. The number of esters is 1. The molecule has 1 fully saturated rings. The number of Topliss-reactive ketones (excluding diaryl/α,β-unsaturated/α-hetero) is 1. The molecule has 5 nitrogen and oxygen atoms in total. The molecule has 0 N–H and O–H groups in total. The highest BCUT2D eigenvalue weighted by Crippen LogP contribution is 2.15. The van der Waals surface area contributed by atoms with Gasteiger partial charge in [0.05, 0.1) is 6.61 Å². The summed E-state index contributed by atoms with van der Waals surface area (Å²) in [6, 6.07) is 10.5. The van der Waals surface area contributed by atoms with Gasteiger partial charge >= 0.3 is 5.97 Å². The number of piperazine rings is 1. The number of para-hydroxylation sites is 1. The van der Waals surface area contributed by atoms with E-state index in [0.717, 1.165) is 39.1 Å². The molecule has 22 heavy (non-hydrogen) atoms. The average molecular weight is 304 g/mol. The average Bonchev–Trinajstić information content (AvgIpc) is 2.52. The molecule has 0 radical (unpaired) electrons. The highest BCUT2D eigenvalue weighted by molar-refractivity contribution is 5.94. The monoisotopic (exact) mass is 304 g/mol. The summed E-state index contributed by atoms with van der Waals surface area (Å²) in [7, 11) is 0. The summed E-state index contributed by atoms with van der Waals surface area (Å²) in [5.41, 5.74) is 1.28. The Morgan fingerprint density at radius 2 is 1.77 bits per heavy atom. The number of hydrogen-bond donors (Lipinski definition) is 0. The molecule has 120 valence electrons. The van der Waals surface area contributed by atoms with E-state index in [4.69, 9.17) is 4.74 Å². The predicted octanol–water partition coefficient (Wildman–Crippen LogP) is 1.72. The summed E-state index contributed by atoms with van der Waals surface area (Å²) in [6.45, 7) is 6.81. The number of benzene rings is 1. The molecule has 0 aliphatic carbocycles. The van der Waals surface area contributed by atoms with Crippen molar-refractivity contribution in [1.29, 1.82) is 0 Å². The molecule has 1 heterocycles. The highest BCUT2D eigenvalue weighted by atomic mass is 16.5. The van der Waals surface area contributed by atoms with Gasteiger partial charge in [0, 0.05) is 38.4 Å². The number of carbonyl (C=O) groups excluding carboxylic acids is 2. The lowest BCUT2D eigenvalue weighted by Crippen LogP contribution is -2.46. The zero-order valence-electron chi connectivity index (χ0n) is 13.2. The van der Waals surface area contributed by atoms with Crippen LogP contribution in [0.3, 0.4) is 0 Å². The van der Waals surface area contributed by atoms with Gasteiger partial charge in [0.25, 0.3) is 0 Å². The van der Waals surface area contributed by atoms with E-state index in [0.29, 0.717) is 6.61 Å². The van der Waals surface area contributed by atoms with Crippen LogP contribution in [0.2, 0.25) is 0 Å². The van der Waals surface area contributed by atoms with Crippen molar-refractivity contribution in [2.45, 2.75) is 19.8 Å². The van der Waals surface area contributed by atoms with Crippen LogP contribution in [0.5, 0.6) is 0 Å². The summed E-state index contributed by atoms with van der Waals surface area (Å²) in [6.07, 6.45) is 0.699. The lowest BCUT2D eigenvalue weighted by Gasteiger charge is -2.36. The van der Waals surface area contributed by atoms with E-state index in [1.54, 1.807) is 0 Å². The topological polar surface area (TPSA) is 49.9 Å². The second-order valence-corrected chi connectivity index (χ2v) is 5.62. The van der Waals surface area contributed by atoms with Gasteiger partial charge < -0.3 is 9.64 Å². The van der Waals surface area contributed by atoms with Crippen LogP contribution in [-0.4, -0.2) is 56.0 Å². The molecular weight excluding hydrogens is 280 g/mol. The van der Waals surface area contributed by atoms with Gasteiger partial charge in [-0.15, -0.1) is 0 Å². The standard InChI is InChI=1S/C17H24N2O3/c1-15(20)14-17(21)22-13-5-8-18-9-11-19(12-10-18)16-6-3-2-4-7-16/h2-4,6-7H,5,8-14H2,1H3. The lowest BCUT2D eigenvalue weighted by molar-refractivity contribution is -0.145. The maximum Gasteiger partial charge on any atom is 0.313 e. The molecule has 0 bridgehead atoms. The van der Waals surface area contributed by atoms with Crippen LogP contribution in [0.1, 0.15) is 19.8 Å². The molecular formula is C17H24N2O3. The van der Waals surface area contributed by atoms with E-state index >= 15 is 0 Å². The fourth-order valence-electron chi connectivity index (χ4n) is 2.60. The van der Waals surface area contributed by atoms with Gasteiger partial charge in [-0.05, 0) is 25.5 Å². The van der Waals surface area contributed by atoms with Crippen LogP contribution in [0.15, 0.2) is 30.3 Å². The Kier molecular flexibility index (Phi) is 6.40. The summed E-state index contributed by atoms with van der Waals surface area (Å²) in [4.78, 5) is 26.8. The van der Waals surface area contributed by atoms with Gasteiger partial charge in [-0.2, -0.15) is 0 Å². The molecule has 1 aliphatic rings. The normalized spacial score (nSPS) is 15.6. The summed E-state index contributed by atoms with van der Waals surface area (Å²) in [5, 5.41) is 0. The summed E-state index contributed by atoms with van der Waals surface area (Å²) in [5.74, 6) is -0.566. The van der Waals surface area contributed by atoms with Crippen molar-refractivity contribution >= 4 is 17.4 Å². The van der Waals surface area contributed by atoms with Crippen molar-refractivity contribution in [2.75, 3.05) is 44.2 Å². The van der Waals surface area contributed by atoms with Crippen molar-refractivity contribution in [3.63, 3.8) is 0 Å². The predicted molar refractivity (Wildman–Crippen MR) is 86.0 cm³/mol. The molecule has 1 aromatic rings. The van der Waals surface area contributed by atoms with Gasteiger partial charge in [0.2, 0.25) is 0 Å². The number of rotatable bonds is 7. The minimum Gasteiger partial charge on any atom is -0.465 e. The third-order valence-electron chi connectivity index (χ3n) is 3.77. The van der Waals surface area contributed by atoms with Gasteiger partial charge in [-0.25, -0.2) is 0 Å². The Morgan fingerprint density at radius 1 is 1.09 bits per heavy atom. The van der Waals surface area contributed by atoms with Gasteiger partial charge in [0.15, 0.2) is 0 Å².